The van der Waals surface area contributed by atoms with E-state index in [1.807, 2.05) is 6.92 Å². The molecule has 2 amide bonds. The van der Waals surface area contributed by atoms with Crippen LogP contribution in [-0.2, 0) is 4.79 Å². The van der Waals surface area contributed by atoms with Gasteiger partial charge in [-0.1, -0.05) is 19.1 Å². The maximum Gasteiger partial charge on any atom is 0.263 e. The van der Waals surface area contributed by atoms with Crippen molar-refractivity contribution in [1.29, 1.82) is 0 Å². The first kappa shape index (κ1) is 11.8. The van der Waals surface area contributed by atoms with Gasteiger partial charge in [-0.2, -0.15) is 0 Å². The molecule has 2 rings (SSSR count). The molecule has 1 aliphatic heterocycles. The number of carbonyl (C=O) groups is 2. The van der Waals surface area contributed by atoms with Gasteiger partial charge in [-0.05, 0) is 24.5 Å². The van der Waals surface area contributed by atoms with Crippen LogP contribution in [0.1, 0.15) is 29.3 Å². The fourth-order valence-corrected chi connectivity index (χ4v) is 2.04. The Bertz CT molecular complexity index is 484. The quantitative estimate of drug-likeness (QED) is 0.699. The zero-order chi connectivity index (χ0) is 12.6. The molecule has 0 spiro atoms. The van der Waals surface area contributed by atoms with E-state index in [1.165, 1.54) is 6.07 Å². The van der Waals surface area contributed by atoms with Gasteiger partial charge in [0.05, 0.1) is 5.56 Å². The maximum absolute atomic E-state index is 13.8. The first-order valence-electron chi connectivity index (χ1n) is 5.60. The van der Waals surface area contributed by atoms with Crippen LogP contribution >= 0.6 is 0 Å². The van der Waals surface area contributed by atoms with Crippen LogP contribution in [0.2, 0.25) is 0 Å². The SMILES string of the molecule is Cc1cccc(C(=O)N2CC(C)CC2=O)c1F. The van der Waals surface area contributed by atoms with Gasteiger partial charge in [0.1, 0.15) is 5.82 Å². The number of hydrogen-bond donors (Lipinski definition) is 0. The lowest BCUT2D eigenvalue weighted by atomic mass is 10.1. The van der Waals surface area contributed by atoms with E-state index in [0.29, 0.717) is 18.5 Å². The van der Waals surface area contributed by atoms with Crippen molar-refractivity contribution < 1.29 is 14.0 Å². The van der Waals surface area contributed by atoms with Gasteiger partial charge in [0.2, 0.25) is 5.91 Å². The molecule has 0 saturated carbocycles. The summed E-state index contributed by atoms with van der Waals surface area (Å²) < 4.78 is 13.8. The Morgan fingerprint density at radius 2 is 2.18 bits per heavy atom. The predicted molar refractivity (Wildman–Crippen MR) is 61.0 cm³/mol. The molecule has 1 atom stereocenters. The molecule has 0 aliphatic carbocycles. The average molecular weight is 235 g/mol. The molecule has 1 unspecified atom stereocenters. The van der Waals surface area contributed by atoms with Gasteiger partial charge in [0.25, 0.3) is 5.91 Å². The smallest absolute Gasteiger partial charge is 0.263 e. The van der Waals surface area contributed by atoms with Crippen molar-refractivity contribution in [3.05, 3.63) is 35.1 Å². The van der Waals surface area contributed by atoms with E-state index in [4.69, 9.17) is 0 Å². The normalized spacial score (nSPS) is 19.8. The van der Waals surface area contributed by atoms with Gasteiger partial charge in [-0.3, -0.25) is 14.5 Å². The Labute approximate surface area is 99.2 Å². The van der Waals surface area contributed by atoms with Crippen LogP contribution in [0.5, 0.6) is 0 Å². The van der Waals surface area contributed by atoms with Gasteiger partial charge in [-0.15, -0.1) is 0 Å². The average Bonchev–Trinajstić information content (AvgIpc) is 2.61. The summed E-state index contributed by atoms with van der Waals surface area (Å²) in [6.07, 6.45) is 0.360. The third-order valence-electron chi connectivity index (χ3n) is 2.99. The molecule has 1 aromatic rings. The maximum atomic E-state index is 13.8. The summed E-state index contributed by atoms with van der Waals surface area (Å²) in [6.45, 7) is 3.88. The van der Waals surface area contributed by atoms with E-state index < -0.39 is 11.7 Å². The van der Waals surface area contributed by atoms with Crippen LogP contribution in [0.25, 0.3) is 0 Å². The Balaban J connectivity index is 2.32. The molecule has 0 bridgehead atoms. The first-order chi connectivity index (χ1) is 8.00. The lowest BCUT2D eigenvalue weighted by Crippen LogP contribution is -2.33. The highest BCUT2D eigenvalue weighted by molar-refractivity contribution is 6.05. The van der Waals surface area contributed by atoms with Gasteiger partial charge >= 0.3 is 0 Å². The van der Waals surface area contributed by atoms with Crippen LogP contribution in [0.3, 0.4) is 0 Å². The second kappa shape index (κ2) is 4.28. The highest BCUT2D eigenvalue weighted by Crippen LogP contribution is 2.21. The van der Waals surface area contributed by atoms with Crippen LogP contribution in [0.15, 0.2) is 18.2 Å². The number of halogens is 1. The summed E-state index contributed by atoms with van der Waals surface area (Å²) in [7, 11) is 0. The minimum Gasteiger partial charge on any atom is -0.278 e. The summed E-state index contributed by atoms with van der Waals surface area (Å²) in [5.41, 5.74) is 0.392. The summed E-state index contributed by atoms with van der Waals surface area (Å²) in [6, 6.07) is 4.64. The number of carbonyl (C=O) groups excluding carboxylic acids is 2. The van der Waals surface area contributed by atoms with E-state index in [9.17, 15) is 14.0 Å². The molecule has 0 aromatic heterocycles. The van der Waals surface area contributed by atoms with Crippen molar-refractivity contribution in [2.75, 3.05) is 6.54 Å². The van der Waals surface area contributed by atoms with Crippen molar-refractivity contribution in [2.45, 2.75) is 20.3 Å². The zero-order valence-electron chi connectivity index (χ0n) is 9.87. The molecule has 17 heavy (non-hydrogen) atoms. The molecule has 1 aliphatic rings. The second-order valence-corrected chi connectivity index (χ2v) is 4.56. The predicted octanol–water partition coefficient (Wildman–Crippen LogP) is 2.14. The standard InChI is InChI=1S/C13H14FNO2/c1-8-6-11(16)15(7-8)13(17)10-5-3-4-9(2)12(10)14/h3-5,8H,6-7H2,1-2H3. The first-order valence-corrected chi connectivity index (χ1v) is 5.60. The van der Waals surface area contributed by atoms with Gasteiger partial charge in [0, 0.05) is 13.0 Å². The highest BCUT2D eigenvalue weighted by atomic mass is 19.1. The lowest BCUT2D eigenvalue weighted by Gasteiger charge is -2.15. The Hall–Kier alpha value is -1.71. The molecule has 0 radical (unpaired) electrons. The van der Waals surface area contributed by atoms with Crippen molar-refractivity contribution in [3.8, 4) is 0 Å². The summed E-state index contributed by atoms with van der Waals surface area (Å²) in [4.78, 5) is 24.8. The molecule has 1 fully saturated rings. The molecular weight excluding hydrogens is 221 g/mol. The van der Waals surface area contributed by atoms with Crippen molar-refractivity contribution in [3.63, 3.8) is 0 Å². The molecule has 1 aromatic carbocycles. The van der Waals surface area contributed by atoms with Crippen LogP contribution in [0.4, 0.5) is 4.39 Å². The number of likely N-dealkylation sites (tertiary alicyclic amines) is 1. The minimum atomic E-state index is -0.537. The van der Waals surface area contributed by atoms with Crippen LogP contribution < -0.4 is 0 Å². The number of hydrogen-bond acceptors (Lipinski definition) is 2. The van der Waals surface area contributed by atoms with Crippen molar-refractivity contribution in [1.82, 2.24) is 4.90 Å². The number of aryl methyl sites for hydroxylation is 1. The van der Waals surface area contributed by atoms with Crippen molar-refractivity contribution >= 4 is 11.8 Å². The highest BCUT2D eigenvalue weighted by Gasteiger charge is 2.33. The van der Waals surface area contributed by atoms with E-state index in [1.54, 1.807) is 19.1 Å². The second-order valence-electron chi connectivity index (χ2n) is 4.56. The van der Waals surface area contributed by atoms with Crippen LogP contribution in [0, 0.1) is 18.7 Å². The fourth-order valence-electron chi connectivity index (χ4n) is 2.04. The summed E-state index contributed by atoms with van der Waals surface area (Å²) >= 11 is 0. The van der Waals surface area contributed by atoms with Gasteiger partial charge in [-0.25, -0.2) is 4.39 Å². The third-order valence-corrected chi connectivity index (χ3v) is 2.99. The summed E-state index contributed by atoms with van der Waals surface area (Å²) in [5, 5.41) is 0. The molecule has 1 saturated heterocycles. The van der Waals surface area contributed by atoms with E-state index in [0.717, 1.165) is 4.90 Å². The molecule has 90 valence electrons. The van der Waals surface area contributed by atoms with Gasteiger partial charge < -0.3 is 0 Å². The van der Waals surface area contributed by atoms with E-state index in [2.05, 4.69) is 0 Å². The van der Waals surface area contributed by atoms with E-state index >= 15 is 0 Å². The number of amides is 2. The topological polar surface area (TPSA) is 37.4 Å². The minimum absolute atomic E-state index is 0.0209. The number of benzene rings is 1. The summed E-state index contributed by atoms with van der Waals surface area (Å²) in [5.74, 6) is -1.13. The molecule has 0 N–H and O–H groups in total. The molecular formula is C13H14FNO2. The lowest BCUT2D eigenvalue weighted by molar-refractivity contribution is -0.125. The molecule has 4 heteroatoms. The Morgan fingerprint density at radius 3 is 2.76 bits per heavy atom. The molecule has 3 nitrogen and oxygen atoms in total. The fraction of sp³-hybridized carbons (Fsp3) is 0.385. The van der Waals surface area contributed by atoms with Crippen molar-refractivity contribution in [2.24, 2.45) is 5.92 Å². The third kappa shape index (κ3) is 2.07. The number of imide groups is 1. The van der Waals surface area contributed by atoms with Crippen LogP contribution in [-0.4, -0.2) is 23.3 Å². The number of nitrogens with zero attached hydrogens (tertiary/aromatic N) is 1. The molecule has 1 heterocycles. The van der Waals surface area contributed by atoms with E-state index in [-0.39, 0.29) is 17.4 Å². The Kier molecular flexibility index (Phi) is 2.96. The van der Waals surface area contributed by atoms with Gasteiger partial charge in [0.15, 0.2) is 0 Å². The zero-order valence-corrected chi connectivity index (χ0v) is 9.87. The Morgan fingerprint density at radius 1 is 1.47 bits per heavy atom. The largest absolute Gasteiger partial charge is 0.278 e. The monoisotopic (exact) mass is 235 g/mol. The number of rotatable bonds is 1.